The van der Waals surface area contributed by atoms with Crippen LogP contribution < -0.4 is 5.56 Å². The monoisotopic (exact) mass is 439 g/mol. The van der Waals surface area contributed by atoms with Crippen LogP contribution in [0.15, 0.2) is 41.2 Å². The number of nitrogens with zero attached hydrogens (tertiary/aromatic N) is 2. The number of aromatic nitrogens is 2. The molecule has 0 saturated heterocycles. The molecule has 0 unspecified atom stereocenters. The summed E-state index contributed by atoms with van der Waals surface area (Å²) in [6, 6.07) is 6.28. The van der Waals surface area contributed by atoms with Crippen LogP contribution in [0.1, 0.15) is 22.4 Å². The van der Waals surface area contributed by atoms with Crippen molar-refractivity contribution in [1.29, 1.82) is 0 Å². The summed E-state index contributed by atoms with van der Waals surface area (Å²) in [5.74, 6) is -3.94. The average molecular weight is 439 g/mol. The summed E-state index contributed by atoms with van der Waals surface area (Å²) in [7, 11) is 0. The average Bonchev–Trinajstić information content (AvgIpc) is 2.74. The summed E-state index contributed by atoms with van der Waals surface area (Å²) in [4.78, 5) is 21.2. The van der Waals surface area contributed by atoms with Gasteiger partial charge in [0.05, 0.1) is 16.8 Å². The first-order valence-electron chi connectivity index (χ1n) is 9.28. The van der Waals surface area contributed by atoms with Crippen molar-refractivity contribution in [2.45, 2.75) is 25.7 Å². The van der Waals surface area contributed by atoms with Crippen LogP contribution in [-0.4, -0.2) is 21.4 Å². The number of halogens is 6. The van der Waals surface area contributed by atoms with Crippen molar-refractivity contribution in [3.05, 3.63) is 86.6 Å². The van der Waals surface area contributed by atoms with E-state index in [1.165, 1.54) is 12.1 Å². The lowest BCUT2D eigenvalue weighted by Gasteiger charge is -2.28. The molecule has 0 bridgehead atoms. The Morgan fingerprint density at radius 1 is 1.00 bits per heavy atom. The van der Waals surface area contributed by atoms with Gasteiger partial charge in [-0.1, -0.05) is 18.2 Å². The molecule has 1 N–H and O–H groups in total. The third-order valence-electron chi connectivity index (χ3n) is 5.14. The molecule has 4 nitrogen and oxygen atoms in total. The Morgan fingerprint density at radius 2 is 1.71 bits per heavy atom. The maximum absolute atomic E-state index is 13.9. The second-order valence-electron chi connectivity index (χ2n) is 7.21. The summed E-state index contributed by atoms with van der Waals surface area (Å²) in [6.07, 6.45) is -4.14. The van der Waals surface area contributed by atoms with Gasteiger partial charge in [-0.15, -0.1) is 0 Å². The fourth-order valence-electron chi connectivity index (χ4n) is 3.50. The Bertz CT molecular complexity index is 1190. The van der Waals surface area contributed by atoms with Crippen LogP contribution >= 0.6 is 0 Å². The first-order valence-corrected chi connectivity index (χ1v) is 9.28. The second-order valence-corrected chi connectivity index (χ2v) is 7.21. The smallest absolute Gasteiger partial charge is 0.306 e. The van der Waals surface area contributed by atoms with Crippen LogP contribution in [0.5, 0.6) is 0 Å². The minimum absolute atomic E-state index is 0.0252. The maximum atomic E-state index is 13.9. The fourth-order valence-corrected chi connectivity index (χ4v) is 3.50. The minimum Gasteiger partial charge on any atom is -0.306 e. The molecule has 2 aromatic carbocycles. The Balaban J connectivity index is 1.56. The van der Waals surface area contributed by atoms with Crippen LogP contribution in [0.3, 0.4) is 0 Å². The molecule has 4 rings (SSSR count). The van der Waals surface area contributed by atoms with E-state index in [1.54, 1.807) is 4.90 Å². The molecule has 2 heterocycles. The zero-order valence-electron chi connectivity index (χ0n) is 15.9. The molecule has 1 aromatic heterocycles. The number of nitrogens with one attached hydrogen (secondary N) is 1. The topological polar surface area (TPSA) is 49.0 Å². The number of hydrogen-bond donors (Lipinski definition) is 1. The number of fused-ring (bicyclic) bond motifs is 1. The zero-order chi connectivity index (χ0) is 22.3. The molecule has 0 atom stereocenters. The van der Waals surface area contributed by atoms with E-state index in [2.05, 4.69) is 9.97 Å². The van der Waals surface area contributed by atoms with Gasteiger partial charge in [-0.25, -0.2) is 18.2 Å². The largest absolute Gasteiger partial charge is 0.416 e. The predicted molar refractivity (Wildman–Crippen MR) is 99.4 cm³/mol. The Kier molecular flexibility index (Phi) is 5.34. The molecule has 1 aliphatic rings. The molecule has 3 aromatic rings. The summed E-state index contributed by atoms with van der Waals surface area (Å²) in [6.45, 7) is 0.473. The highest BCUT2D eigenvalue weighted by Crippen LogP contribution is 2.30. The van der Waals surface area contributed by atoms with Crippen LogP contribution in [0.4, 0.5) is 26.3 Å². The molecule has 0 radical (unpaired) electrons. The van der Waals surface area contributed by atoms with Gasteiger partial charge in [-0.2, -0.15) is 13.2 Å². The zero-order valence-corrected chi connectivity index (χ0v) is 15.9. The van der Waals surface area contributed by atoms with Crippen molar-refractivity contribution in [3.8, 4) is 11.4 Å². The van der Waals surface area contributed by atoms with Gasteiger partial charge in [0.15, 0.2) is 17.5 Å². The molecular formula is C21H15F6N3O. The van der Waals surface area contributed by atoms with Gasteiger partial charge in [0.1, 0.15) is 5.82 Å². The van der Waals surface area contributed by atoms with Gasteiger partial charge in [-0.3, -0.25) is 9.69 Å². The number of hydrogen-bond acceptors (Lipinski definition) is 3. The van der Waals surface area contributed by atoms with E-state index in [4.69, 9.17) is 0 Å². The SMILES string of the molecule is O=c1[nH]c(-c2ccc(C(F)(F)F)cc2)nc2c1CN(Cc1ccc(F)c(F)c1F)CC2. The van der Waals surface area contributed by atoms with Crippen LogP contribution in [0.2, 0.25) is 0 Å². The molecule has 10 heteroatoms. The lowest BCUT2D eigenvalue weighted by molar-refractivity contribution is -0.137. The highest BCUT2D eigenvalue weighted by molar-refractivity contribution is 5.56. The molecular weight excluding hydrogens is 424 g/mol. The summed E-state index contributed by atoms with van der Waals surface area (Å²) < 4.78 is 78.7. The van der Waals surface area contributed by atoms with E-state index >= 15 is 0 Å². The molecule has 0 fully saturated rings. The van der Waals surface area contributed by atoms with E-state index in [9.17, 15) is 31.1 Å². The van der Waals surface area contributed by atoms with Gasteiger partial charge >= 0.3 is 6.18 Å². The molecule has 0 saturated carbocycles. The number of alkyl halides is 3. The highest BCUT2D eigenvalue weighted by Gasteiger charge is 2.30. The molecule has 1 aliphatic heterocycles. The maximum Gasteiger partial charge on any atom is 0.416 e. The van der Waals surface area contributed by atoms with Crippen molar-refractivity contribution in [1.82, 2.24) is 14.9 Å². The summed E-state index contributed by atoms with van der Waals surface area (Å²) in [5.41, 5.74) is -0.148. The Morgan fingerprint density at radius 3 is 2.39 bits per heavy atom. The lowest BCUT2D eigenvalue weighted by Crippen LogP contribution is -2.35. The van der Waals surface area contributed by atoms with E-state index in [0.29, 0.717) is 29.8 Å². The number of H-pyrrole nitrogens is 1. The molecule has 0 amide bonds. The molecule has 0 aliphatic carbocycles. The Hall–Kier alpha value is -3.14. The van der Waals surface area contributed by atoms with E-state index < -0.39 is 34.8 Å². The van der Waals surface area contributed by atoms with Crippen molar-refractivity contribution in [2.75, 3.05) is 6.54 Å². The third-order valence-corrected chi connectivity index (χ3v) is 5.14. The fraction of sp³-hybridized carbons (Fsp3) is 0.238. The molecule has 31 heavy (non-hydrogen) atoms. The van der Waals surface area contributed by atoms with Gasteiger partial charge in [0.2, 0.25) is 0 Å². The predicted octanol–water partition coefficient (Wildman–Crippen LogP) is 4.43. The van der Waals surface area contributed by atoms with Crippen LogP contribution in [0, 0.1) is 17.5 Å². The van der Waals surface area contributed by atoms with E-state index in [1.807, 2.05) is 0 Å². The van der Waals surface area contributed by atoms with Crippen LogP contribution in [-0.2, 0) is 25.7 Å². The highest BCUT2D eigenvalue weighted by atomic mass is 19.4. The summed E-state index contributed by atoms with van der Waals surface area (Å²) >= 11 is 0. The van der Waals surface area contributed by atoms with Crippen LogP contribution in [0.25, 0.3) is 11.4 Å². The number of aromatic amines is 1. The number of benzene rings is 2. The second kappa shape index (κ2) is 7.84. The van der Waals surface area contributed by atoms with E-state index in [-0.39, 0.29) is 24.5 Å². The van der Waals surface area contributed by atoms with Gasteiger partial charge < -0.3 is 4.98 Å². The lowest BCUT2D eigenvalue weighted by atomic mass is 10.0. The molecule has 162 valence electrons. The molecule has 0 spiro atoms. The first-order chi connectivity index (χ1) is 14.6. The first kappa shape index (κ1) is 21.1. The van der Waals surface area contributed by atoms with Crippen molar-refractivity contribution in [3.63, 3.8) is 0 Å². The summed E-state index contributed by atoms with van der Waals surface area (Å²) in [5, 5.41) is 0. The number of rotatable bonds is 3. The van der Waals surface area contributed by atoms with Crippen molar-refractivity contribution in [2.24, 2.45) is 0 Å². The van der Waals surface area contributed by atoms with Gasteiger partial charge in [0.25, 0.3) is 5.56 Å². The third kappa shape index (κ3) is 4.20. The Labute approximate surface area is 172 Å². The van der Waals surface area contributed by atoms with Crippen molar-refractivity contribution < 1.29 is 26.3 Å². The quantitative estimate of drug-likeness (QED) is 0.485. The van der Waals surface area contributed by atoms with Gasteiger partial charge in [0, 0.05) is 37.2 Å². The van der Waals surface area contributed by atoms with Crippen molar-refractivity contribution >= 4 is 0 Å². The normalized spacial score (nSPS) is 14.5. The van der Waals surface area contributed by atoms with Gasteiger partial charge in [-0.05, 0) is 18.2 Å². The standard InChI is InChI=1S/C21H15F6N3O/c22-15-6-3-12(17(23)18(15)24)9-30-8-7-16-14(10-30)20(31)29-19(28-16)11-1-4-13(5-2-11)21(25,26)27/h1-6H,7-10H2,(H,28,29,31). The van der Waals surface area contributed by atoms with E-state index in [0.717, 1.165) is 24.3 Å². The minimum atomic E-state index is -4.47.